The minimum absolute atomic E-state index is 0.269. The predicted molar refractivity (Wildman–Crippen MR) is 63.8 cm³/mol. The number of nitrogens with zero attached hydrogens (tertiary/aromatic N) is 2. The Morgan fingerprint density at radius 3 is 2.69 bits per heavy atom. The molecule has 4 nitrogen and oxygen atoms in total. The Morgan fingerprint density at radius 1 is 1.25 bits per heavy atom. The molecule has 3 N–H and O–H groups in total. The van der Waals surface area contributed by atoms with E-state index in [0.717, 1.165) is 0 Å². The van der Waals surface area contributed by atoms with E-state index < -0.39 is 0 Å². The molecule has 0 aliphatic rings. The molecule has 1 aromatic carbocycles. The van der Waals surface area contributed by atoms with Crippen LogP contribution in [0.1, 0.15) is 0 Å². The van der Waals surface area contributed by atoms with E-state index in [1.807, 2.05) is 0 Å². The lowest BCUT2D eigenvalue weighted by molar-refractivity contribution is 0.622. The van der Waals surface area contributed by atoms with Gasteiger partial charge in [0.25, 0.3) is 0 Å². The summed E-state index contributed by atoms with van der Waals surface area (Å²) in [7, 11) is 0. The third kappa shape index (κ3) is 2.27. The smallest absolute Gasteiger partial charge is 0.173 e. The van der Waals surface area contributed by atoms with Crippen molar-refractivity contribution in [1.29, 1.82) is 0 Å². The molecular weight excluding hydrogens is 275 g/mol. The van der Waals surface area contributed by atoms with Gasteiger partial charge >= 0.3 is 0 Å². The van der Waals surface area contributed by atoms with Gasteiger partial charge in [-0.25, -0.2) is 14.4 Å². The summed E-state index contributed by atoms with van der Waals surface area (Å²) < 4.78 is 13.6. The first kappa shape index (κ1) is 10.8. The summed E-state index contributed by atoms with van der Waals surface area (Å²) >= 11 is 3.07. The van der Waals surface area contributed by atoms with E-state index in [1.54, 1.807) is 12.1 Å². The van der Waals surface area contributed by atoms with E-state index in [2.05, 4.69) is 31.2 Å². The second-order valence-corrected chi connectivity index (χ2v) is 3.90. The summed E-state index contributed by atoms with van der Waals surface area (Å²) in [6, 6.07) is 4.66. The average Bonchev–Trinajstić information content (AvgIpc) is 2.27. The van der Waals surface area contributed by atoms with Gasteiger partial charge in [0.2, 0.25) is 0 Å². The van der Waals surface area contributed by atoms with Gasteiger partial charge in [-0.15, -0.1) is 0 Å². The van der Waals surface area contributed by atoms with Crippen LogP contribution in [-0.4, -0.2) is 9.97 Å². The standard InChI is InChI=1S/C10H8BrFN4/c11-7-2-1-6(5-8(7)12)16-10-9(13)14-3-4-15-10/h1-5H,(H2,13,14)(H,15,16). The Bertz CT molecular complexity index is 518. The first-order chi connectivity index (χ1) is 7.66. The van der Waals surface area contributed by atoms with Gasteiger partial charge in [-0.3, -0.25) is 0 Å². The molecule has 0 atom stereocenters. The number of nitrogens with two attached hydrogens (primary N) is 1. The zero-order chi connectivity index (χ0) is 11.5. The van der Waals surface area contributed by atoms with Crippen molar-refractivity contribution in [1.82, 2.24) is 9.97 Å². The van der Waals surface area contributed by atoms with Crippen LogP contribution < -0.4 is 11.1 Å². The van der Waals surface area contributed by atoms with Crippen LogP contribution >= 0.6 is 15.9 Å². The van der Waals surface area contributed by atoms with Gasteiger partial charge in [0, 0.05) is 18.1 Å². The summed E-state index contributed by atoms with van der Waals surface area (Å²) in [4.78, 5) is 7.86. The Morgan fingerprint density at radius 2 is 2.00 bits per heavy atom. The van der Waals surface area contributed by atoms with Crippen LogP contribution in [0.2, 0.25) is 0 Å². The molecule has 0 aliphatic heterocycles. The van der Waals surface area contributed by atoms with Gasteiger partial charge in [0.05, 0.1) is 4.47 Å². The van der Waals surface area contributed by atoms with Gasteiger partial charge < -0.3 is 11.1 Å². The van der Waals surface area contributed by atoms with Gasteiger partial charge in [0.1, 0.15) is 5.82 Å². The fourth-order valence-corrected chi connectivity index (χ4v) is 1.40. The zero-order valence-electron chi connectivity index (χ0n) is 8.11. The molecule has 0 aliphatic carbocycles. The van der Waals surface area contributed by atoms with Crippen LogP contribution in [0.4, 0.5) is 21.7 Å². The normalized spacial score (nSPS) is 10.1. The maximum Gasteiger partial charge on any atom is 0.173 e. The average molecular weight is 283 g/mol. The topological polar surface area (TPSA) is 63.8 Å². The number of benzene rings is 1. The first-order valence-electron chi connectivity index (χ1n) is 4.45. The highest BCUT2D eigenvalue weighted by molar-refractivity contribution is 9.10. The highest BCUT2D eigenvalue weighted by Gasteiger charge is 2.04. The van der Waals surface area contributed by atoms with Crippen LogP contribution in [-0.2, 0) is 0 Å². The lowest BCUT2D eigenvalue weighted by Crippen LogP contribution is -2.00. The van der Waals surface area contributed by atoms with E-state index in [9.17, 15) is 4.39 Å². The number of halogens is 2. The molecule has 6 heteroatoms. The van der Waals surface area contributed by atoms with E-state index in [0.29, 0.717) is 16.0 Å². The second-order valence-electron chi connectivity index (χ2n) is 3.04. The van der Waals surface area contributed by atoms with Crippen LogP contribution in [0.3, 0.4) is 0 Å². The maximum atomic E-state index is 13.2. The summed E-state index contributed by atoms with van der Waals surface area (Å²) in [6.45, 7) is 0. The van der Waals surface area contributed by atoms with E-state index in [1.165, 1.54) is 18.5 Å². The summed E-state index contributed by atoms with van der Waals surface area (Å²) in [5.41, 5.74) is 6.16. The molecule has 1 aromatic heterocycles. The van der Waals surface area contributed by atoms with E-state index in [4.69, 9.17) is 5.73 Å². The van der Waals surface area contributed by atoms with Gasteiger partial charge in [0.15, 0.2) is 11.6 Å². The zero-order valence-corrected chi connectivity index (χ0v) is 9.70. The van der Waals surface area contributed by atoms with Crippen molar-refractivity contribution in [3.05, 3.63) is 40.9 Å². The number of hydrogen-bond acceptors (Lipinski definition) is 4. The quantitative estimate of drug-likeness (QED) is 0.889. The molecule has 0 spiro atoms. The molecule has 2 rings (SSSR count). The van der Waals surface area contributed by atoms with Crippen molar-refractivity contribution in [2.75, 3.05) is 11.1 Å². The minimum atomic E-state index is -0.354. The van der Waals surface area contributed by atoms with Crippen molar-refractivity contribution < 1.29 is 4.39 Å². The van der Waals surface area contributed by atoms with Crippen molar-refractivity contribution in [2.45, 2.75) is 0 Å². The molecule has 0 saturated carbocycles. The minimum Gasteiger partial charge on any atom is -0.381 e. The van der Waals surface area contributed by atoms with Crippen LogP contribution in [0.25, 0.3) is 0 Å². The molecule has 82 valence electrons. The molecule has 16 heavy (non-hydrogen) atoms. The number of rotatable bonds is 2. The van der Waals surface area contributed by atoms with Crippen molar-refractivity contribution in [2.24, 2.45) is 0 Å². The SMILES string of the molecule is Nc1nccnc1Nc1ccc(Br)c(F)c1. The monoisotopic (exact) mass is 282 g/mol. The summed E-state index contributed by atoms with van der Waals surface area (Å²) in [5, 5.41) is 2.88. The largest absolute Gasteiger partial charge is 0.381 e. The number of anilines is 3. The molecule has 2 aromatic rings. The molecule has 1 heterocycles. The van der Waals surface area contributed by atoms with Crippen molar-refractivity contribution in [3.8, 4) is 0 Å². The molecular formula is C10H8BrFN4. The third-order valence-electron chi connectivity index (χ3n) is 1.91. The fourth-order valence-electron chi connectivity index (χ4n) is 1.16. The highest BCUT2D eigenvalue weighted by Crippen LogP contribution is 2.23. The Balaban J connectivity index is 2.28. The second kappa shape index (κ2) is 4.44. The molecule has 0 unspecified atom stereocenters. The number of nitrogens with one attached hydrogen (secondary N) is 1. The number of aromatic nitrogens is 2. The van der Waals surface area contributed by atoms with E-state index in [-0.39, 0.29) is 11.6 Å². The van der Waals surface area contributed by atoms with Gasteiger partial charge in [-0.2, -0.15) is 0 Å². The summed E-state index contributed by atoms with van der Waals surface area (Å²) in [6.07, 6.45) is 3.00. The van der Waals surface area contributed by atoms with E-state index >= 15 is 0 Å². The number of nitrogen functional groups attached to an aromatic ring is 1. The van der Waals surface area contributed by atoms with Gasteiger partial charge in [-0.1, -0.05) is 0 Å². The lowest BCUT2D eigenvalue weighted by atomic mass is 10.3. The van der Waals surface area contributed by atoms with Crippen molar-refractivity contribution >= 4 is 33.3 Å². The van der Waals surface area contributed by atoms with Gasteiger partial charge in [-0.05, 0) is 34.1 Å². The summed E-state index contributed by atoms with van der Waals surface area (Å²) in [5.74, 6) is 0.322. The van der Waals surface area contributed by atoms with Crippen LogP contribution in [0, 0.1) is 5.82 Å². The Hall–Kier alpha value is -1.69. The molecule has 0 bridgehead atoms. The number of hydrogen-bond donors (Lipinski definition) is 2. The van der Waals surface area contributed by atoms with Crippen LogP contribution in [0.15, 0.2) is 35.1 Å². The Labute approximate surface area is 99.9 Å². The maximum absolute atomic E-state index is 13.2. The molecule has 0 fully saturated rings. The highest BCUT2D eigenvalue weighted by atomic mass is 79.9. The first-order valence-corrected chi connectivity index (χ1v) is 5.24. The Kier molecular flexibility index (Phi) is 3.00. The lowest BCUT2D eigenvalue weighted by Gasteiger charge is -2.07. The van der Waals surface area contributed by atoms with Crippen LogP contribution in [0.5, 0.6) is 0 Å². The molecule has 0 radical (unpaired) electrons. The predicted octanol–water partition coefficient (Wildman–Crippen LogP) is 2.70. The van der Waals surface area contributed by atoms with Crippen molar-refractivity contribution in [3.63, 3.8) is 0 Å². The third-order valence-corrected chi connectivity index (χ3v) is 2.55. The molecule has 0 amide bonds. The molecule has 0 saturated heterocycles. The fraction of sp³-hybridized carbons (Fsp3) is 0.